The number of hydrogen-bond donors (Lipinski definition) is 2. The van der Waals surface area contributed by atoms with Crippen molar-refractivity contribution in [3.63, 3.8) is 0 Å². The fourth-order valence-electron chi connectivity index (χ4n) is 6.62. The minimum atomic E-state index is -0.566. The molecule has 0 aliphatic heterocycles. The van der Waals surface area contributed by atoms with Crippen LogP contribution in [-0.2, 0) is 18.3 Å². The molecule has 5 nitrogen and oxygen atoms in total. The van der Waals surface area contributed by atoms with Crippen molar-refractivity contribution in [2.24, 2.45) is 5.92 Å². The minimum Gasteiger partial charge on any atom is -0.390 e. The Balaban J connectivity index is 1.51. The second kappa shape index (κ2) is 9.78. The lowest BCUT2D eigenvalue weighted by atomic mass is 9.55. The first-order valence-electron chi connectivity index (χ1n) is 13.3. The number of hydrogen-bond acceptors (Lipinski definition) is 4. The summed E-state index contributed by atoms with van der Waals surface area (Å²) in [5.74, 6) is 0.983. The largest absolute Gasteiger partial charge is 0.390 e. The van der Waals surface area contributed by atoms with Gasteiger partial charge in [-0.05, 0) is 100.0 Å². The SMILES string of the molecule is CC[C@@]1(O)CC[C@@]2(Cc3ccccc3)c3ccc(C(=O)Nc4cnc(C)nc4C)cc3CCC[C@H]2C1. The molecule has 0 unspecified atom stereocenters. The van der Waals surface area contributed by atoms with E-state index in [0.717, 1.165) is 57.1 Å². The molecule has 2 aliphatic rings. The molecule has 3 atom stereocenters. The van der Waals surface area contributed by atoms with Gasteiger partial charge in [-0.15, -0.1) is 0 Å². The van der Waals surface area contributed by atoms with Gasteiger partial charge in [0.25, 0.3) is 5.91 Å². The standard InChI is InChI=1S/C31H37N3O2/c1-4-30(36)15-16-31(18-23-9-6-5-7-10-23)26(19-30)12-8-11-24-17-25(13-14-27(24)31)29(35)34-28-20-32-22(3)33-21(28)2/h5-7,9-10,13-14,17,20,26,36H,4,8,11-12,15-16,18-19H2,1-3H3,(H,34,35)/t26-,30+,31-/m0/s1. The number of aromatic nitrogens is 2. The van der Waals surface area contributed by atoms with Gasteiger partial charge < -0.3 is 10.4 Å². The van der Waals surface area contributed by atoms with E-state index in [0.29, 0.717) is 23.0 Å². The molecule has 1 fully saturated rings. The Bertz CT molecular complexity index is 1260. The molecule has 188 valence electrons. The molecular weight excluding hydrogens is 446 g/mol. The summed E-state index contributed by atoms with van der Waals surface area (Å²) in [6, 6.07) is 17.1. The van der Waals surface area contributed by atoms with Crippen molar-refractivity contribution in [3.8, 4) is 0 Å². The van der Waals surface area contributed by atoms with Gasteiger partial charge in [-0.3, -0.25) is 4.79 Å². The summed E-state index contributed by atoms with van der Waals surface area (Å²) in [6.07, 6.45) is 9.22. The highest BCUT2D eigenvalue weighted by atomic mass is 16.3. The highest BCUT2D eigenvalue weighted by molar-refractivity contribution is 6.04. The Labute approximate surface area is 214 Å². The van der Waals surface area contributed by atoms with E-state index in [2.05, 4.69) is 64.7 Å². The zero-order valence-electron chi connectivity index (χ0n) is 21.7. The van der Waals surface area contributed by atoms with Crippen LogP contribution >= 0.6 is 0 Å². The van der Waals surface area contributed by atoms with Gasteiger partial charge in [0, 0.05) is 11.0 Å². The molecule has 1 aromatic heterocycles. The van der Waals surface area contributed by atoms with Gasteiger partial charge in [-0.25, -0.2) is 9.97 Å². The summed E-state index contributed by atoms with van der Waals surface area (Å²) in [6.45, 7) is 5.84. The summed E-state index contributed by atoms with van der Waals surface area (Å²) in [4.78, 5) is 21.8. The van der Waals surface area contributed by atoms with E-state index >= 15 is 0 Å². The van der Waals surface area contributed by atoms with Crippen LogP contribution in [0.25, 0.3) is 0 Å². The third-order valence-corrected chi connectivity index (χ3v) is 8.72. The van der Waals surface area contributed by atoms with Gasteiger partial charge in [0.15, 0.2) is 0 Å². The Morgan fingerprint density at radius 3 is 2.69 bits per heavy atom. The van der Waals surface area contributed by atoms with Crippen LogP contribution in [0.5, 0.6) is 0 Å². The Hall–Kier alpha value is -3.05. The maximum atomic E-state index is 13.2. The zero-order chi connectivity index (χ0) is 25.3. The summed E-state index contributed by atoms with van der Waals surface area (Å²) in [5.41, 5.74) is 5.48. The van der Waals surface area contributed by atoms with E-state index < -0.39 is 5.60 Å². The van der Waals surface area contributed by atoms with E-state index in [1.807, 2.05) is 19.9 Å². The fourth-order valence-corrected chi connectivity index (χ4v) is 6.62. The van der Waals surface area contributed by atoms with Crippen LogP contribution in [-0.4, -0.2) is 26.6 Å². The van der Waals surface area contributed by atoms with Crippen LogP contribution in [0.1, 0.15) is 84.0 Å². The molecule has 0 spiro atoms. The molecule has 2 aliphatic carbocycles. The fraction of sp³-hybridized carbons (Fsp3) is 0.452. The normalized spacial score (nSPS) is 25.4. The number of carbonyl (C=O) groups excluding carboxylic acids is 1. The number of carbonyl (C=O) groups is 1. The number of amides is 1. The van der Waals surface area contributed by atoms with Gasteiger partial charge in [-0.2, -0.15) is 0 Å². The monoisotopic (exact) mass is 483 g/mol. The van der Waals surface area contributed by atoms with Gasteiger partial charge in [-0.1, -0.05) is 43.3 Å². The van der Waals surface area contributed by atoms with Crippen molar-refractivity contribution >= 4 is 11.6 Å². The number of fused-ring (bicyclic) bond motifs is 3. The molecule has 0 bridgehead atoms. The number of nitrogens with one attached hydrogen (secondary N) is 1. The van der Waals surface area contributed by atoms with E-state index in [1.165, 1.54) is 16.7 Å². The van der Waals surface area contributed by atoms with Gasteiger partial charge >= 0.3 is 0 Å². The molecule has 36 heavy (non-hydrogen) atoms. The number of aryl methyl sites for hydroxylation is 3. The highest BCUT2D eigenvalue weighted by Crippen LogP contribution is 2.54. The second-order valence-corrected chi connectivity index (χ2v) is 10.9. The lowest BCUT2D eigenvalue weighted by molar-refractivity contribution is -0.0497. The average Bonchev–Trinajstić information content (AvgIpc) is 3.02. The van der Waals surface area contributed by atoms with Crippen LogP contribution in [0.4, 0.5) is 5.69 Å². The topological polar surface area (TPSA) is 75.1 Å². The molecule has 2 N–H and O–H groups in total. The third kappa shape index (κ3) is 4.69. The van der Waals surface area contributed by atoms with Crippen LogP contribution in [0.15, 0.2) is 54.7 Å². The average molecular weight is 484 g/mol. The van der Waals surface area contributed by atoms with Crippen molar-refractivity contribution in [1.29, 1.82) is 0 Å². The molecule has 3 aromatic rings. The first-order chi connectivity index (χ1) is 17.3. The number of benzene rings is 2. The second-order valence-electron chi connectivity index (χ2n) is 10.9. The van der Waals surface area contributed by atoms with Crippen molar-refractivity contribution < 1.29 is 9.90 Å². The minimum absolute atomic E-state index is 0.0228. The maximum Gasteiger partial charge on any atom is 0.255 e. The molecule has 1 saturated carbocycles. The lowest BCUT2D eigenvalue weighted by Gasteiger charge is -2.50. The smallest absolute Gasteiger partial charge is 0.255 e. The predicted molar refractivity (Wildman–Crippen MR) is 143 cm³/mol. The molecule has 1 heterocycles. The van der Waals surface area contributed by atoms with Crippen molar-refractivity contribution in [2.45, 2.75) is 83.2 Å². The summed E-state index contributed by atoms with van der Waals surface area (Å²) >= 11 is 0. The highest BCUT2D eigenvalue weighted by Gasteiger charge is 2.50. The van der Waals surface area contributed by atoms with Crippen LogP contribution in [0.3, 0.4) is 0 Å². The molecule has 2 aromatic carbocycles. The molecular formula is C31H37N3O2. The van der Waals surface area contributed by atoms with Gasteiger partial charge in [0.05, 0.1) is 23.2 Å². The van der Waals surface area contributed by atoms with Gasteiger partial charge in [0.1, 0.15) is 5.82 Å². The Morgan fingerprint density at radius 2 is 1.94 bits per heavy atom. The summed E-state index contributed by atoms with van der Waals surface area (Å²) in [7, 11) is 0. The van der Waals surface area contributed by atoms with E-state index in [9.17, 15) is 9.90 Å². The Kier molecular flexibility index (Phi) is 6.69. The maximum absolute atomic E-state index is 13.2. The van der Waals surface area contributed by atoms with Crippen molar-refractivity contribution in [3.05, 3.63) is 88.5 Å². The lowest BCUT2D eigenvalue weighted by Crippen LogP contribution is -2.48. The molecule has 0 radical (unpaired) electrons. The number of aliphatic hydroxyl groups is 1. The predicted octanol–water partition coefficient (Wildman–Crippen LogP) is 6.10. The number of anilines is 1. The van der Waals surface area contributed by atoms with E-state index in [-0.39, 0.29) is 11.3 Å². The van der Waals surface area contributed by atoms with Crippen molar-refractivity contribution in [1.82, 2.24) is 9.97 Å². The molecule has 5 heteroatoms. The van der Waals surface area contributed by atoms with Gasteiger partial charge in [0.2, 0.25) is 0 Å². The first-order valence-corrected chi connectivity index (χ1v) is 13.3. The summed E-state index contributed by atoms with van der Waals surface area (Å²) < 4.78 is 0. The first kappa shape index (κ1) is 24.6. The van der Waals surface area contributed by atoms with Crippen LogP contribution in [0.2, 0.25) is 0 Å². The number of nitrogens with zero attached hydrogens (tertiary/aromatic N) is 2. The molecule has 5 rings (SSSR count). The molecule has 1 amide bonds. The quantitative estimate of drug-likeness (QED) is 0.460. The number of rotatable bonds is 5. The summed E-state index contributed by atoms with van der Waals surface area (Å²) in [5, 5.41) is 14.3. The van der Waals surface area contributed by atoms with Crippen molar-refractivity contribution in [2.75, 3.05) is 5.32 Å². The van der Waals surface area contributed by atoms with Crippen LogP contribution in [0, 0.1) is 19.8 Å². The Morgan fingerprint density at radius 1 is 1.14 bits per heavy atom. The van der Waals surface area contributed by atoms with E-state index in [1.54, 1.807) is 6.20 Å². The van der Waals surface area contributed by atoms with E-state index in [4.69, 9.17) is 0 Å². The van der Waals surface area contributed by atoms with Crippen LogP contribution < -0.4 is 5.32 Å². The molecule has 0 saturated heterocycles. The zero-order valence-corrected chi connectivity index (χ0v) is 21.7. The third-order valence-electron chi connectivity index (χ3n) is 8.72.